The van der Waals surface area contributed by atoms with Crippen LogP contribution in [0.2, 0.25) is 0 Å². The SMILES string of the molecule is COc1ccc(-n2ccc([C@H]3OCCS3)c2)cc1. The molecule has 1 aromatic heterocycles. The first kappa shape index (κ1) is 11.7. The smallest absolute Gasteiger partial charge is 0.130 e. The highest BCUT2D eigenvalue weighted by Gasteiger charge is 2.19. The van der Waals surface area contributed by atoms with Gasteiger partial charge < -0.3 is 14.0 Å². The molecule has 1 aliphatic heterocycles. The van der Waals surface area contributed by atoms with Crippen LogP contribution in [0, 0.1) is 0 Å². The number of benzene rings is 1. The zero-order chi connectivity index (χ0) is 12.4. The Bertz CT molecular complexity index is 515. The van der Waals surface area contributed by atoms with Gasteiger partial charge in [-0.2, -0.15) is 0 Å². The fraction of sp³-hybridized carbons (Fsp3) is 0.286. The minimum atomic E-state index is 0.199. The molecule has 4 heteroatoms. The molecule has 94 valence electrons. The monoisotopic (exact) mass is 261 g/mol. The highest BCUT2D eigenvalue weighted by Crippen LogP contribution is 2.35. The first-order valence-corrected chi connectivity index (χ1v) is 6.97. The lowest BCUT2D eigenvalue weighted by Crippen LogP contribution is -1.93. The summed E-state index contributed by atoms with van der Waals surface area (Å²) in [6.07, 6.45) is 4.20. The maximum absolute atomic E-state index is 5.65. The molecule has 18 heavy (non-hydrogen) atoms. The molecule has 0 saturated carbocycles. The lowest BCUT2D eigenvalue weighted by Gasteiger charge is -2.06. The lowest BCUT2D eigenvalue weighted by atomic mass is 10.3. The third-order valence-electron chi connectivity index (χ3n) is 2.98. The normalized spacial score (nSPS) is 19.1. The van der Waals surface area contributed by atoms with Crippen molar-refractivity contribution in [2.75, 3.05) is 19.5 Å². The number of nitrogens with zero attached hydrogens (tertiary/aromatic N) is 1. The highest BCUT2D eigenvalue weighted by molar-refractivity contribution is 7.99. The van der Waals surface area contributed by atoms with Gasteiger partial charge in [0.2, 0.25) is 0 Å². The first-order chi connectivity index (χ1) is 8.86. The van der Waals surface area contributed by atoms with Gasteiger partial charge in [-0.15, -0.1) is 11.8 Å². The van der Waals surface area contributed by atoms with Crippen molar-refractivity contribution in [3.05, 3.63) is 48.3 Å². The highest BCUT2D eigenvalue weighted by atomic mass is 32.2. The summed E-state index contributed by atoms with van der Waals surface area (Å²) in [5.74, 6) is 1.96. The van der Waals surface area contributed by atoms with Crippen molar-refractivity contribution < 1.29 is 9.47 Å². The van der Waals surface area contributed by atoms with Crippen molar-refractivity contribution in [3.8, 4) is 11.4 Å². The van der Waals surface area contributed by atoms with Crippen molar-refractivity contribution in [2.24, 2.45) is 0 Å². The van der Waals surface area contributed by atoms with E-state index in [-0.39, 0.29) is 5.44 Å². The quantitative estimate of drug-likeness (QED) is 0.847. The summed E-state index contributed by atoms with van der Waals surface area (Å²) < 4.78 is 12.9. The lowest BCUT2D eigenvalue weighted by molar-refractivity contribution is 0.145. The third kappa shape index (κ3) is 2.26. The second kappa shape index (κ2) is 5.08. The average molecular weight is 261 g/mol. The second-order valence-electron chi connectivity index (χ2n) is 4.12. The topological polar surface area (TPSA) is 23.4 Å². The predicted octanol–water partition coefficient (Wildman–Crippen LogP) is 3.25. The fourth-order valence-electron chi connectivity index (χ4n) is 2.02. The average Bonchev–Trinajstić information content (AvgIpc) is 3.09. The van der Waals surface area contributed by atoms with E-state index in [1.165, 1.54) is 5.56 Å². The Labute approximate surface area is 111 Å². The van der Waals surface area contributed by atoms with Gasteiger partial charge in [-0.3, -0.25) is 0 Å². The number of aromatic nitrogens is 1. The van der Waals surface area contributed by atoms with E-state index < -0.39 is 0 Å². The Hall–Kier alpha value is -1.39. The Morgan fingerprint density at radius 2 is 2.11 bits per heavy atom. The van der Waals surface area contributed by atoms with E-state index in [0.29, 0.717) is 0 Å². The summed E-state index contributed by atoms with van der Waals surface area (Å²) in [6.45, 7) is 0.850. The summed E-state index contributed by atoms with van der Waals surface area (Å²) >= 11 is 1.85. The van der Waals surface area contributed by atoms with E-state index >= 15 is 0 Å². The van der Waals surface area contributed by atoms with Gasteiger partial charge in [0.1, 0.15) is 11.2 Å². The van der Waals surface area contributed by atoms with Crippen LogP contribution in [0.4, 0.5) is 0 Å². The summed E-state index contributed by atoms with van der Waals surface area (Å²) in [6, 6.07) is 10.1. The Kier molecular flexibility index (Phi) is 3.30. The number of ether oxygens (including phenoxy) is 2. The molecule has 2 aromatic rings. The van der Waals surface area contributed by atoms with E-state index in [1.807, 2.05) is 36.0 Å². The number of methoxy groups -OCH3 is 1. The molecular weight excluding hydrogens is 246 g/mol. The maximum Gasteiger partial charge on any atom is 0.130 e. The third-order valence-corrected chi connectivity index (χ3v) is 4.09. The van der Waals surface area contributed by atoms with E-state index in [1.54, 1.807) is 7.11 Å². The number of hydrogen-bond acceptors (Lipinski definition) is 3. The van der Waals surface area contributed by atoms with Crippen LogP contribution in [0.3, 0.4) is 0 Å². The maximum atomic E-state index is 5.65. The molecule has 1 aliphatic rings. The standard InChI is InChI=1S/C14H15NO2S/c1-16-13-4-2-12(3-5-13)15-7-6-11(10-15)14-17-8-9-18-14/h2-7,10,14H,8-9H2,1H3/t14-/m0/s1. The molecule has 0 spiro atoms. The molecular formula is C14H15NO2S. The van der Waals surface area contributed by atoms with Crippen molar-refractivity contribution in [2.45, 2.75) is 5.44 Å². The second-order valence-corrected chi connectivity index (χ2v) is 5.29. The molecule has 0 radical (unpaired) electrons. The zero-order valence-corrected chi connectivity index (χ0v) is 11.0. The van der Waals surface area contributed by atoms with Gasteiger partial charge >= 0.3 is 0 Å². The fourth-order valence-corrected chi connectivity index (χ4v) is 2.95. The van der Waals surface area contributed by atoms with Crippen LogP contribution in [-0.4, -0.2) is 24.0 Å². The molecule has 3 rings (SSSR count). The summed E-state index contributed by atoms with van der Waals surface area (Å²) in [7, 11) is 1.68. The zero-order valence-electron chi connectivity index (χ0n) is 10.2. The van der Waals surface area contributed by atoms with Crippen LogP contribution in [0.15, 0.2) is 42.7 Å². The molecule has 1 atom stereocenters. The Balaban J connectivity index is 1.82. The van der Waals surface area contributed by atoms with Crippen molar-refractivity contribution in [3.63, 3.8) is 0 Å². The van der Waals surface area contributed by atoms with Crippen molar-refractivity contribution >= 4 is 11.8 Å². The predicted molar refractivity (Wildman–Crippen MR) is 73.5 cm³/mol. The molecule has 3 nitrogen and oxygen atoms in total. The van der Waals surface area contributed by atoms with Crippen LogP contribution < -0.4 is 4.74 Å². The van der Waals surface area contributed by atoms with E-state index in [0.717, 1.165) is 23.8 Å². The van der Waals surface area contributed by atoms with Crippen molar-refractivity contribution in [1.29, 1.82) is 0 Å². The van der Waals surface area contributed by atoms with Crippen LogP contribution in [0.25, 0.3) is 5.69 Å². The molecule has 1 saturated heterocycles. The van der Waals surface area contributed by atoms with Crippen LogP contribution in [0.1, 0.15) is 11.0 Å². The Morgan fingerprint density at radius 1 is 1.28 bits per heavy atom. The van der Waals surface area contributed by atoms with E-state index in [2.05, 4.69) is 23.0 Å². The Morgan fingerprint density at radius 3 is 2.78 bits per heavy atom. The van der Waals surface area contributed by atoms with Crippen molar-refractivity contribution in [1.82, 2.24) is 4.57 Å². The number of hydrogen-bond donors (Lipinski definition) is 0. The van der Waals surface area contributed by atoms with Gasteiger partial charge in [0, 0.05) is 29.4 Å². The number of rotatable bonds is 3. The molecule has 0 amide bonds. The van der Waals surface area contributed by atoms with Gasteiger partial charge in [0.15, 0.2) is 0 Å². The molecule has 0 aliphatic carbocycles. The van der Waals surface area contributed by atoms with Gasteiger partial charge in [-0.05, 0) is 30.3 Å². The van der Waals surface area contributed by atoms with Gasteiger partial charge in [0.05, 0.1) is 13.7 Å². The molecule has 1 aromatic carbocycles. The molecule has 2 heterocycles. The molecule has 1 fully saturated rings. The number of thioether (sulfide) groups is 1. The van der Waals surface area contributed by atoms with Crippen LogP contribution >= 0.6 is 11.8 Å². The summed E-state index contributed by atoms with van der Waals surface area (Å²) in [4.78, 5) is 0. The van der Waals surface area contributed by atoms with Gasteiger partial charge in [-0.25, -0.2) is 0 Å². The van der Waals surface area contributed by atoms with E-state index in [9.17, 15) is 0 Å². The van der Waals surface area contributed by atoms with Crippen LogP contribution in [0.5, 0.6) is 5.75 Å². The summed E-state index contributed by atoms with van der Waals surface area (Å²) in [5, 5.41) is 0. The van der Waals surface area contributed by atoms with Gasteiger partial charge in [-0.1, -0.05) is 0 Å². The summed E-state index contributed by atoms with van der Waals surface area (Å²) in [5.41, 5.74) is 2.56. The first-order valence-electron chi connectivity index (χ1n) is 5.92. The largest absolute Gasteiger partial charge is 0.497 e. The van der Waals surface area contributed by atoms with Crippen LogP contribution in [-0.2, 0) is 4.74 Å². The molecule has 0 N–H and O–H groups in total. The van der Waals surface area contributed by atoms with Gasteiger partial charge in [0.25, 0.3) is 0 Å². The minimum Gasteiger partial charge on any atom is -0.497 e. The minimum absolute atomic E-state index is 0.199. The van der Waals surface area contributed by atoms with E-state index in [4.69, 9.17) is 9.47 Å². The molecule has 0 bridgehead atoms. The molecule has 0 unspecified atom stereocenters.